The fourth-order valence-electron chi connectivity index (χ4n) is 8.91. The molecule has 10 heteroatoms. The van der Waals surface area contributed by atoms with Crippen molar-refractivity contribution in [3.05, 3.63) is 60.2 Å². The average molecular weight is 692 g/mol. The predicted octanol–water partition coefficient (Wildman–Crippen LogP) is 5.07. The molecule has 50 heavy (non-hydrogen) atoms. The number of aliphatic hydroxyl groups excluding tert-OH is 1. The van der Waals surface area contributed by atoms with Gasteiger partial charge in [0, 0.05) is 25.6 Å². The number of hydrogen-bond acceptors (Lipinski definition) is 7. The molecule has 274 valence electrons. The molecule has 0 radical (unpaired) electrons. The van der Waals surface area contributed by atoms with Gasteiger partial charge in [-0.1, -0.05) is 95.7 Å². The molecule has 4 aliphatic rings. The van der Waals surface area contributed by atoms with Crippen molar-refractivity contribution in [3.8, 4) is 0 Å². The summed E-state index contributed by atoms with van der Waals surface area (Å²) >= 11 is 0. The van der Waals surface area contributed by atoms with Crippen molar-refractivity contribution >= 4 is 23.7 Å². The number of likely N-dealkylation sites (tertiary alicyclic amines) is 1. The molecule has 5 bridgehead atoms. The Morgan fingerprint density at radius 1 is 1.02 bits per heavy atom. The van der Waals surface area contributed by atoms with Gasteiger partial charge < -0.3 is 29.3 Å². The molecular weight excluding hydrogens is 634 g/mol. The Bertz CT molecular complexity index is 1500. The third-order valence-corrected chi connectivity index (χ3v) is 11.4. The Kier molecular flexibility index (Phi) is 10.8. The van der Waals surface area contributed by atoms with Gasteiger partial charge in [0.1, 0.15) is 23.7 Å². The number of ether oxygens (including phenoxy) is 2. The van der Waals surface area contributed by atoms with Gasteiger partial charge in [0.25, 0.3) is 0 Å². The first-order valence-corrected chi connectivity index (χ1v) is 18.3. The Morgan fingerprint density at radius 2 is 1.70 bits per heavy atom. The van der Waals surface area contributed by atoms with Gasteiger partial charge in [0.05, 0.1) is 30.7 Å². The van der Waals surface area contributed by atoms with Crippen LogP contribution in [0.2, 0.25) is 0 Å². The smallest absolute Gasteiger partial charge is 0.313 e. The number of fused-ring (bicyclic) bond motifs is 2. The second-order valence-electron chi connectivity index (χ2n) is 16.6. The molecule has 2 saturated heterocycles. The van der Waals surface area contributed by atoms with E-state index in [1.54, 1.807) is 29.0 Å². The van der Waals surface area contributed by atoms with Crippen LogP contribution in [0, 0.1) is 23.2 Å². The van der Waals surface area contributed by atoms with Crippen LogP contribution in [0.4, 0.5) is 0 Å². The third-order valence-electron chi connectivity index (χ3n) is 11.4. The molecule has 0 aliphatic carbocycles. The number of likely N-dealkylation sites (N-methyl/N-ethyl adjacent to an activating group) is 1. The number of hydrogen-bond donors (Lipinski definition) is 1. The molecule has 4 heterocycles. The summed E-state index contributed by atoms with van der Waals surface area (Å²) in [5, 5.41) is 10.8. The zero-order valence-corrected chi connectivity index (χ0v) is 31.3. The summed E-state index contributed by atoms with van der Waals surface area (Å²) in [4.78, 5) is 63.1. The van der Waals surface area contributed by atoms with Crippen molar-refractivity contribution in [2.45, 2.75) is 123 Å². The Balaban J connectivity index is 1.68. The number of esters is 1. The molecule has 1 N–H and O–H groups in total. The van der Waals surface area contributed by atoms with Crippen molar-refractivity contribution in [1.82, 2.24) is 14.7 Å². The molecule has 0 aromatic heterocycles. The summed E-state index contributed by atoms with van der Waals surface area (Å²) in [7, 11) is 1.72. The van der Waals surface area contributed by atoms with Gasteiger partial charge in [-0.3, -0.25) is 19.2 Å². The number of allylic oxidation sites excluding steroid dienone is 1. The summed E-state index contributed by atoms with van der Waals surface area (Å²) in [5.74, 6) is -3.58. The first kappa shape index (κ1) is 37.7. The van der Waals surface area contributed by atoms with Crippen molar-refractivity contribution in [2.75, 3.05) is 20.2 Å². The predicted molar refractivity (Wildman–Crippen MR) is 190 cm³/mol. The second-order valence-corrected chi connectivity index (χ2v) is 16.6. The van der Waals surface area contributed by atoms with Crippen LogP contribution in [0.3, 0.4) is 0 Å². The zero-order valence-electron chi connectivity index (χ0n) is 31.3. The van der Waals surface area contributed by atoms with Crippen LogP contribution in [0.5, 0.6) is 0 Å². The molecule has 1 aromatic rings. The molecule has 1 aromatic carbocycles. The number of benzene rings is 1. The fraction of sp³-hybridized carbons (Fsp3) is 0.650. The van der Waals surface area contributed by atoms with Crippen molar-refractivity contribution in [3.63, 3.8) is 0 Å². The van der Waals surface area contributed by atoms with Crippen molar-refractivity contribution in [1.29, 1.82) is 0 Å². The molecule has 5 rings (SSSR count). The Hall–Kier alpha value is -3.50. The largest absolute Gasteiger partial charge is 0.455 e. The first-order chi connectivity index (χ1) is 23.5. The van der Waals surface area contributed by atoms with Crippen LogP contribution in [0.25, 0.3) is 0 Å². The summed E-state index contributed by atoms with van der Waals surface area (Å²) in [5.41, 5.74) is -1.47. The standard InChI is InChI=1S/C40H57N3O7/c1-10-25(2)28(23-44)43-34-36(47)42(39(7,8)24-38(4,5)6)22-16-12-15-19-30(45)41(9)26(3)33(27-17-13-11-14-18-27)49-37(48)31-29-20-21-40(34,50-29)32(31)35(43)46/h11-14,16-18,20-21,25-26,28-29,31-34,44H,10,15,19,22-24H2,1-9H3/b16-12-/t25-,26+,28-,29-,31+,32+,33-,34-,40+/m0/s1. The number of carbonyl (C=O) groups excluding carboxylic acids is 4. The summed E-state index contributed by atoms with van der Waals surface area (Å²) in [6.07, 6.45) is 7.91. The number of aliphatic hydroxyl groups is 1. The van der Waals surface area contributed by atoms with Gasteiger partial charge in [-0.2, -0.15) is 0 Å². The highest BCUT2D eigenvalue weighted by Crippen LogP contribution is 2.57. The maximum absolute atomic E-state index is 15.3. The zero-order chi connectivity index (χ0) is 36.8. The normalized spacial score (nSPS) is 32.7. The van der Waals surface area contributed by atoms with Crippen molar-refractivity contribution < 1.29 is 33.8 Å². The second kappa shape index (κ2) is 14.3. The van der Waals surface area contributed by atoms with Gasteiger partial charge in [0.15, 0.2) is 0 Å². The number of rotatable bonds is 7. The van der Waals surface area contributed by atoms with Gasteiger partial charge >= 0.3 is 5.97 Å². The SMILES string of the molecule is CC[C@H](C)[C@H](CO)N1C(=O)[C@H]2[C@@H]3C(=O)O[C@H](c4ccccc4)[C@@H](C)N(C)C(=O)CC/C=C\CN(C(C)(C)CC(C)(C)C)C(=O)[C@H]1[C@@]21C=C[C@@H]3O1. The maximum atomic E-state index is 15.3. The monoisotopic (exact) mass is 691 g/mol. The fourth-order valence-corrected chi connectivity index (χ4v) is 8.91. The van der Waals surface area contributed by atoms with E-state index in [0.29, 0.717) is 19.3 Å². The number of amides is 3. The van der Waals surface area contributed by atoms with E-state index >= 15 is 4.79 Å². The van der Waals surface area contributed by atoms with Gasteiger partial charge in [-0.05, 0) is 50.5 Å². The van der Waals surface area contributed by atoms with Crippen LogP contribution < -0.4 is 0 Å². The lowest BCUT2D eigenvalue weighted by Crippen LogP contribution is -2.63. The number of cyclic esters (lactones) is 1. The minimum atomic E-state index is -1.42. The highest BCUT2D eigenvalue weighted by atomic mass is 16.6. The van der Waals surface area contributed by atoms with Crippen LogP contribution in [0.15, 0.2) is 54.6 Å². The summed E-state index contributed by atoms with van der Waals surface area (Å²) in [6.45, 7) is 16.2. The molecule has 2 fully saturated rings. The topological polar surface area (TPSA) is 117 Å². The number of carbonyl (C=O) groups is 4. The quantitative estimate of drug-likeness (QED) is 0.314. The first-order valence-electron chi connectivity index (χ1n) is 18.3. The van der Waals surface area contributed by atoms with Crippen molar-refractivity contribution in [2.24, 2.45) is 23.2 Å². The molecule has 3 amide bonds. The summed E-state index contributed by atoms with van der Waals surface area (Å²) < 4.78 is 13.0. The minimum absolute atomic E-state index is 0.0976. The third kappa shape index (κ3) is 6.77. The van der Waals surface area contributed by atoms with E-state index in [9.17, 15) is 19.5 Å². The lowest BCUT2D eigenvalue weighted by molar-refractivity contribution is -0.165. The average Bonchev–Trinajstić information content (AvgIpc) is 3.70. The van der Waals surface area contributed by atoms with E-state index < -0.39 is 65.2 Å². The van der Waals surface area contributed by atoms with E-state index in [1.807, 2.05) is 82.0 Å². The Morgan fingerprint density at radius 3 is 2.32 bits per heavy atom. The van der Waals surface area contributed by atoms with E-state index in [2.05, 4.69) is 20.8 Å². The lowest BCUT2D eigenvalue weighted by atomic mass is 9.74. The highest BCUT2D eigenvalue weighted by Gasteiger charge is 2.74. The minimum Gasteiger partial charge on any atom is -0.455 e. The molecule has 1 spiro atoms. The van der Waals surface area contributed by atoms with E-state index in [-0.39, 0.29) is 42.7 Å². The molecule has 4 aliphatic heterocycles. The van der Waals surface area contributed by atoms with E-state index in [4.69, 9.17) is 9.47 Å². The van der Waals surface area contributed by atoms with Gasteiger partial charge in [-0.15, -0.1) is 0 Å². The van der Waals surface area contributed by atoms with Crippen LogP contribution in [-0.4, -0.2) is 99.1 Å². The summed E-state index contributed by atoms with van der Waals surface area (Å²) in [6, 6.07) is 7.02. The van der Waals surface area contributed by atoms with Crippen LogP contribution in [-0.2, 0) is 28.7 Å². The van der Waals surface area contributed by atoms with E-state index in [1.165, 1.54) is 0 Å². The highest BCUT2D eigenvalue weighted by molar-refractivity contribution is 5.99. The van der Waals surface area contributed by atoms with Crippen LogP contribution >= 0.6 is 0 Å². The van der Waals surface area contributed by atoms with Gasteiger partial charge in [-0.25, -0.2) is 0 Å². The molecule has 9 atom stereocenters. The lowest BCUT2D eigenvalue weighted by Gasteiger charge is -2.46. The molecular formula is C40H57N3O7. The molecule has 0 unspecified atom stereocenters. The van der Waals surface area contributed by atoms with Gasteiger partial charge in [0.2, 0.25) is 17.7 Å². The maximum Gasteiger partial charge on any atom is 0.313 e. The molecule has 10 nitrogen and oxygen atoms in total. The van der Waals surface area contributed by atoms with E-state index in [0.717, 1.165) is 5.56 Å². The number of nitrogens with zero attached hydrogens (tertiary/aromatic N) is 3. The van der Waals surface area contributed by atoms with Crippen LogP contribution in [0.1, 0.15) is 92.7 Å². The Labute approximate surface area is 297 Å². The molecule has 0 saturated carbocycles.